The number of esters is 1. The Morgan fingerprint density at radius 1 is 0.976 bits per heavy atom. The zero-order valence-corrected chi connectivity index (χ0v) is 23.8. The summed E-state index contributed by atoms with van der Waals surface area (Å²) in [6.45, 7) is 3.64. The van der Waals surface area contributed by atoms with Gasteiger partial charge in [0.25, 0.3) is 0 Å². The molecule has 0 bridgehead atoms. The van der Waals surface area contributed by atoms with E-state index >= 15 is 0 Å². The first-order valence-corrected chi connectivity index (χ1v) is 14.6. The molecule has 7 atom stereocenters. The van der Waals surface area contributed by atoms with Crippen molar-refractivity contribution in [3.8, 4) is 0 Å². The summed E-state index contributed by atoms with van der Waals surface area (Å²) < 4.78 is 5.13. The number of carboxylic acids is 2. The lowest BCUT2D eigenvalue weighted by Crippen LogP contribution is -2.58. The summed E-state index contributed by atoms with van der Waals surface area (Å²) in [4.78, 5) is 71.7. The summed E-state index contributed by atoms with van der Waals surface area (Å²) in [6.07, 6.45) is 6.04. The summed E-state index contributed by atoms with van der Waals surface area (Å²) in [7, 11) is 0. The molecule has 226 valence electrons. The highest BCUT2D eigenvalue weighted by atomic mass is 16.5. The summed E-state index contributed by atoms with van der Waals surface area (Å²) in [5, 5.41) is 31.8. The van der Waals surface area contributed by atoms with Gasteiger partial charge in [-0.3, -0.25) is 24.0 Å². The number of aliphatic carboxylic acids is 2. The smallest absolute Gasteiger partial charge is 0.326 e. The first-order chi connectivity index (χ1) is 19.2. The number of fused-ring (bicyclic) bond motifs is 5. The van der Waals surface area contributed by atoms with Crippen LogP contribution in [0.4, 0.5) is 0 Å². The van der Waals surface area contributed by atoms with Crippen LogP contribution in [0.5, 0.6) is 0 Å². The number of amides is 1. The van der Waals surface area contributed by atoms with Crippen molar-refractivity contribution in [2.45, 2.75) is 103 Å². The third-order valence-electron chi connectivity index (χ3n) is 10.8. The molecule has 3 fully saturated rings. The highest BCUT2D eigenvalue weighted by Crippen LogP contribution is 2.67. The lowest BCUT2D eigenvalue weighted by molar-refractivity contribution is -0.170. The van der Waals surface area contributed by atoms with Gasteiger partial charge in [0.2, 0.25) is 11.7 Å². The molecule has 0 aromatic heterocycles. The van der Waals surface area contributed by atoms with Crippen LogP contribution in [0, 0.1) is 28.6 Å². The van der Waals surface area contributed by atoms with E-state index in [0.29, 0.717) is 37.5 Å². The predicted octanol–water partition coefficient (Wildman–Crippen LogP) is 2.58. The van der Waals surface area contributed by atoms with Crippen molar-refractivity contribution in [1.82, 2.24) is 5.32 Å². The molecule has 0 radical (unpaired) electrons. The van der Waals surface area contributed by atoms with Crippen LogP contribution in [-0.2, 0) is 33.5 Å². The van der Waals surface area contributed by atoms with Crippen LogP contribution in [0.15, 0.2) is 11.6 Å². The van der Waals surface area contributed by atoms with E-state index < -0.39 is 72.5 Å². The molecule has 0 unspecified atom stereocenters. The van der Waals surface area contributed by atoms with Gasteiger partial charge in [0.15, 0.2) is 12.4 Å². The predicted molar refractivity (Wildman–Crippen MR) is 143 cm³/mol. The van der Waals surface area contributed by atoms with Crippen molar-refractivity contribution >= 4 is 35.4 Å². The van der Waals surface area contributed by atoms with Gasteiger partial charge in [-0.1, -0.05) is 19.4 Å². The fraction of sp³-hybridized carbons (Fsp3) is 0.733. The maximum Gasteiger partial charge on any atom is 0.326 e. The van der Waals surface area contributed by atoms with Crippen molar-refractivity contribution in [1.29, 1.82) is 0 Å². The van der Waals surface area contributed by atoms with E-state index in [9.17, 15) is 33.9 Å². The fourth-order valence-electron chi connectivity index (χ4n) is 8.38. The van der Waals surface area contributed by atoms with E-state index in [-0.39, 0.29) is 23.5 Å². The van der Waals surface area contributed by atoms with Crippen LogP contribution in [0.3, 0.4) is 0 Å². The van der Waals surface area contributed by atoms with Crippen molar-refractivity contribution in [3.05, 3.63) is 11.6 Å². The van der Waals surface area contributed by atoms with Crippen LogP contribution in [0.1, 0.15) is 90.9 Å². The van der Waals surface area contributed by atoms with Gasteiger partial charge in [-0.05, 0) is 80.6 Å². The van der Waals surface area contributed by atoms with Gasteiger partial charge >= 0.3 is 17.9 Å². The van der Waals surface area contributed by atoms with Crippen LogP contribution in [0.2, 0.25) is 0 Å². The number of carboxylic acid groups (broad SMARTS) is 2. The third-order valence-corrected chi connectivity index (χ3v) is 10.8. The Balaban J connectivity index is 1.31. The number of Topliss-reactive ketones (excluding diaryl/α,β-unsaturated/α-hetero) is 1. The van der Waals surface area contributed by atoms with Gasteiger partial charge in [-0.25, -0.2) is 4.79 Å². The number of ether oxygens (including phenoxy) is 1. The molecule has 4 aliphatic carbocycles. The number of hydrogen-bond acceptors (Lipinski definition) is 8. The first kappa shape index (κ1) is 30.9. The third kappa shape index (κ3) is 5.82. The average molecular weight is 576 g/mol. The van der Waals surface area contributed by atoms with Crippen molar-refractivity contribution in [2.75, 3.05) is 6.61 Å². The lowest BCUT2D eigenvalue weighted by Gasteiger charge is -2.58. The van der Waals surface area contributed by atoms with E-state index in [1.807, 2.05) is 13.0 Å². The maximum atomic E-state index is 13.3. The van der Waals surface area contributed by atoms with Gasteiger partial charge in [-0.15, -0.1) is 0 Å². The number of rotatable bonds is 11. The molecular formula is C30H41NO10. The average Bonchev–Trinajstić information content (AvgIpc) is 3.20. The van der Waals surface area contributed by atoms with E-state index in [2.05, 4.69) is 12.2 Å². The lowest BCUT2D eigenvalue weighted by atomic mass is 9.46. The molecule has 0 heterocycles. The molecule has 0 spiro atoms. The molecule has 4 aliphatic rings. The number of allylic oxidation sites excluding steroid dienone is 1. The summed E-state index contributed by atoms with van der Waals surface area (Å²) in [5.74, 6) is -3.62. The molecule has 0 saturated heterocycles. The highest BCUT2D eigenvalue weighted by molar-refractivity contribution is 5.92. The molecule has 0 aromatic carbocycles. The van der Waals surface area contributed by atoms with Crippen molar-refractivity contribution in [2.24, 2.45) is 28.6 Å². The normalized spacial score (nSPS) is 34.8. The van der Waals surface area contributed by atoms with Crippen LogP contribution in [-0.4, -0.2) is 69.0 Å². The number of nitrogens with one attached hydrogen (secondary N) is 1. The number of carbonyl (C=O) groups excluding carboxylic acids is 4. The molecule has 3 saturated carbocycles. The minimum Gasteiger partial charge on any atom is -0.481 e. The second-order valence-corrected chi connectivity index (χ2v) is 12.8. The molecule has 41 heavy (non-hydrogen) atoms. The van der Waals surface area contributed by atoms with E-state index in [0.717, 1.165) is 25.7 Å². The monoisotopic (exact) mass is 575 g/mol. The second kappa shape index (κ2) is 11.7. The quantitative estimate of drug-likeness (QED) is 0.267. The Bertz CT molecular complexity index is 1160. The summed E-state index contributed by atoms with van der Waals surface area (Å²) in [6, 6.07) is -1.40. The molecule has 0 aliphatic heterocycles. The minimum atomic E-state index is -1.63. The zero-order chi connectivity index (χ0) is 30.2. The molecular weight excluding hydrogens is 534 g/mol. The molecule has 4 rings (SSSR count). The number of hydrogen-bond donors (Lipinski definition) is 4. The Kier molecular flexibility index (Phi) is 8.78. The van der Waals surface area contributed by atoms with Gasteiger partial charge in [-0.2, -0.15) is 0 Å². The van der Waals surface area contributed by atoms with Crippen molar-refractivity contribution in [3.63, 3.8) is 0 Å². The largest absolute Gasteiger partial charge is 0.481 e. The molecule has 11 nitrogen and oxygen atoms in total. The first-order valence-electron chi connectivity index (χ1n) is 14.6. The highest BCUT2D eigenvalue weighted by Gasteiger charge is 2.66. The molecule has 4 N–H and O–H groups in total. The van der Waals surface area contributed by atoms with Gasteiger partial charge in [0.05, 0.1) is 6.42 Å². The summed E-state index contributed by atoms with van der Waals surface area (Å²) in [5.41, 5.74) is -1.05. The number of aliphatic hydroxyl groups is 1. The molecule has 1 amide bonds. The summed E-state index contributed by atoms with van der Waals surface area (Å²) >= 11 is 0. The zero-order valence-electron chi connectivity index (χ0n) is 23.8. The topological polar surface area (TPSA) is 184 Å². The standard InChI is InChI=1S/C30H41NO10/c1-28-12-9-18(32)15-17(28)3-4-19-20(28)10-13-29(2)21(19)11-14-30(29,40)23(33)16-41-26(37)8-6-24(34)31-22(27(38)39)5-7-25(35)36/h15,19-22,40H,3-14,16H2,1-2H3,(H,31,34)(H,35,36)(H,38,39)/t19-,20+,21-,22+,28-,29-,30-/m0/s1. The Labute approximate surface area is 239 Å². The van der Waals surface area contributed by atoms with Crippen LogP contribution >= 0.6 is 0 Å². The maximum absolute atomic E-state index is 13.3. The van der Waals surface area contributed by atoms with Gasteiger partial charge in [0, 0.05) is 24.7 Å². The van der Waals surface area contributed by atoms with Crippen LogP contribution in [0.25, 0.3) is 0 Å². The van der Waals surface area contributed by atoms with Crippen molar-refractivity contribution < 1.29 is 48.8 Å². The van der Waals surface area contributed by atoms with E-state index in [1.165, 1.54) is 5.57 Å². The van der Waals surface area contributed by atoms with E-state index in [4.69, 9.17) is 14.9 Å². The Hall–Kier alpha value is -3.08. The second-order valence-electron chi connectivity index (χ2n) is 12.8. The Morgan fingerprint density at radius 2 is 1.68 bits per heavy atom. The number of ketones is 2. The van der Waals surface area contributed by atoms with Crippen LogP contribution < -0.4 is 5.32 Å². The molecule has 11 heteroatoms. The minimum absolute atomic E-state index is 0.0224. The SMILES string of the molecule is C[C@]12CCC(=O)C=C1CC[C@H]1[C@H]2CC[C@@]2(C)[C@H]1CC[C@]2(O)C(=O)COC(=O)CCC(=O)N[C@H](CCC(=O)O)C(=O)O. The molecule has 0 aromatic rings. The Morgan fingerprint density at radius 3 is 2.37 bits per heavy atom. The van der Waals surface area contributed by atoms with Gasteiger partial charge < -0.3 is 25.4 Å². The van der Waals surface area contributed by atoms with E-state index in [1.54, 1.807) is 0 Å². The van der Waals surface area contributed by atoms with Gasteiger partial charge in [0.1, 0.15) is 11.6 Å². The number of carbonyl (C=O) groups is 6. The fourth-order valence-corrected chi connectivity index (χ4v) is 8.38.